The molecule has 2 aromatic heterocycles. The number of piperidine rings is 1. The topological polar surface area (TPSA) is 129 Å². The summed E-state index contributed by atoms with van der Waals surface area (Å²) >= 11 is 1.44. The number of anilines is 1. The first-order valence-corrected chi connectivity index (χ1v) is 12.0. The number of hydrogen-bond acceptors (Lipinski definition) is 11. The molecule has 0 aliphatic carbocycles. The van der Waals surface area contributed by atoms with Crippen molar-refractivity contribution in [2.24, 2.45) is 0 Å². The summed E-state index contributed by atoms with van der Waals surface area (Å²) in [5, 5.41) is 18.2. The molecule has 0 bridgehead atoms. The van der Waals surface area contributed by atoms with E-state index in [0.717, 1.165) is 15.8 Å². The second kappa shape index (κ2) is 10.4. The summed E-state index contributed by atoms with van der Waals surface area (Å²) in [5.74, 6) is 0.900. The van der Waals surface area contributed by atoms with Crippen LogP contribution in [0, 0.1) is 10.1 Å². The van der Waals surface area contributed by atoms with Crippen molar-refractivity contribution < 1.29 is 23.9 Å². The van der Waals surface area contributed by atoms with Crippen LogP contribution >= 0.6 is 11.3 Å². The Morgan fingerprint density at radius 1 is 1.31 bits per heavy atom. The lowest BCUT2D eigenvalue weighted by atomic mass is 9.85. The number of carbonyl (C=O) groups excluding carboxylic acids is 1. The maximum absolute atomic E-state index is 13.1. The van der Waals surface area contributed by atoms with Gasteiger partial charge in [-0.1, -0.05) is 6.07 Å². The molecule has 11 nitrogen and oxygen atoms in total. The van der Waals surface area contributed by atoms with Crippen LogP contribution < -0.4 is 19.7 Å². The minimum Gasteiger partial charge on any atom is -0.493 e. The van der Waals surface area contributed by atoms with Crippen LogP contribution in [0.15, 0.2) is 35.8 Å². The molecule has 0 spiro atoms. The molecule has 0 radical (unpaired) electrons. The molecule has 3 heterocycles. The van der Waals surface area contributed by atoms with Gasteiger partial charge in [0, 0.05) is 29.6 Å². The van der Waals surface area contributed by atoms with E-state index in [9.17, 15) is 14.9 Å². The highest BCUT2D eigenvalue weighted by atomic mass is 32.1. The van der Waals surface area contributed by atoms with Crippen LogP contribution in [0.2, 0.25) is 0 Å². The fourth-order valence-electron chi connectivity index (χ4n) is 4.24. The number of fused-ring (bicyclic) bond motifs is 1. The smallest absolute Gasteiger partial charge is 0.326 e. The summed E-state index contributed by atoms with van der Waals surface area (Å²) in [4.78, 5) is 36.0. The number of aromatic nitrogens is 2. The largest absolute Gasteiger partial charge is 0.493 e. The number of thiophene rings is 1. The van der Waals surface area contributed by atoms with Gasteiger partial charge in [0.05, 0.1) is 27.2 Å². The van der Waals surface area contributed by atoms with Crippen LogP contribution in [0.5, 0.6) is 11.5 Å². The van der Waals surface area contributed by atoms with Crippen molar-refractivity contribution in [1.82, 2.24) is 15.3 Å². The fraction of sp³-hybridized carbons (Fsp3) is 0.435. The molecule has 1 aliphatic heterocycles. The van der Waals surface area contributed by atoms with Crippen LogP contribution in [-0.2, 0) is 16.1 Å². The zero-order valence-electron chi connectivity index (χ0n) is 19.7. The van der Waals surface area contributed by atoms with Crippen LogP contribution in [0.1, 0.15) is 25.3 Å². The van der Waals surface area contributed by atoms with Crippen molar-refractivity contribution in [1.29, 1.82) is 0 Å². The van der Waals surface area contributed by atoms with Gasteiger partial charge in [-0.25, -0.2) is 9.97 Å². The Morgan fingerprint density at radius 3 is 2.83 bits per heavy atom. The first-order valence-electron chi connectivity index (χ1n) is 11.1. The van der Waals surface area contributed by atoms with Crippen LogP contribution in [0.4, 0.5) is 5.95 Å². The van der Waals surface area contributed by atoms with Crippen LogP contribution in [0.25, 0.3) is 10.2 Å². The Kier molecular flexibility index (Phi) is 7.31. The first-order chi connectivity index (χ1) is 16.9. The van der Waals surface area contributed by atoms with E-state index in [-0.39, 0.29) is 38.5 Å². The zero-order valence-corrected chi connectivity index (χ0v) is 20.5. The van der Waals surface area contributed by atoms with E-state index < -0.39 is 22.6 Å². The SMILES string of the molecule is CCOC(=O)C1(NCc2ccc(OC)c(OC)c2)CCN(c2ncc3ccsc3n2)C([N+](=O)[O-])C1. The predicted molar refractivity (Wildman–Crippen MR) is 131 cm³/mol. The molecular formula is C23H27N5O6S. The lowest BCUT2D eigenvalue weighted by molar-refractivity contribution is -0.526. The standard InChI is InChI=1S/C23H27N5O6S/c1-4-34-21(29)23(25-13-15-5-6-17(32-2)18(11-15)33-3)8-9-27(19(12-23)28(30)31)22-24-14-16-7-10-35-20(16)26-22/h5-7,10-11,14,19,25H,4,8-9,12-13H2,1-3H3. The summed E-state index contributed by atoms with van der Waals surface area (Å²) in [6.45, 7) is 2.37. The van der Waals surface area contributed by atoms with E-state index in [4.69, 9.17) is 14.2 Å². The number of methoxy groups -OCH3 is 2. The number of carbonyl (C=O) groups is 1. The van der Waals surface area contributed by atoms with E-state index in [1.54, 1.807) is 44.4 Å². The number of nitro groups is 1. The average Bonchev–Trinajstić information content (AvgIpc) is 3.35. The monoisotopic (exact) mass is 501 g/mol. The molecule has 3 aromatic rings. The fourth-order valence-corrected chi connectivity index (χ4v) is 4.98. The first kappa shape index (κ1) is 24.6. The zero-order chi connectivity index (χ0) is 25.0. The van der Waals surface area contributed by atoms with Gasteiger partial charge in [0.1, 0.15) is 10.4 Å². The molecule has 2 atom stereocenters. The Balaban J connectivity index is 1.60. The number of nitrogens with one attached hydrogen (secondary N) is 1. The van der Waals surface area contributed by atoms with E-state index in [1.807, 2.05) is 17.5 Å². The molecule has 0 saturated carbocycles. The van der Waals surface area contributed by atoms with Gasteiger partial charge in [0.2, 0.25) is 5.95 Å². The quantitative estimate of drug-likeness (QED) is 0.265. The van der Waals surface area contributed by atoms with Gasteiger partial charge in [0.25, 0.3) is 6.17 Å². The van der Waals surface area contributed by atoms with Crippen molar-refractivity contribution in [3.05, 3.63) is 51.5 Å². The third-order valence-corrected chi connectivity index (χ3v) is 6.93. The molecule has 1 aromatic carbocycles. The normalized spacial score (nSPS) is 20.0. The minimum atomic E-state index is -1.25. The second-order valence-corrected chi connectivity index (χ2v) is 9.00. The maximum atomic E-state index is 13.1. The third kappa shape index (κ3) is 4.98. The third-order valence-electron chi connectivity index (χ3n) is 6.11. The van der Waals surface area contributed by atoms with Crippen molar-refractivity contribution in [2.45, 2.75) is 38.0 Å². The molecule has 4 rings (SSSR count). The lowest BCUT2D eigenvalue weighted by Gasteiger charge is -2.41. The van der Waals surface area contributed by atoms with Gasteiger partial charge in [-0.05, 0) is 42.5 Å². The van der Waals surface area contributed by atoms with E-state index in [1.165, 1.54) is 11.3 Å². The molecule has 2 unspecified atom stereocenters. The molecule has 1 fully saturated rings. The predicted octanol–water partition coefficient (Wildman–Crippen LogP) is 3.00. The second-order valence-electron chi connectivity index (χ2n) is 8.11. The highest BCUT2D eigenvalue weighted by Gasteiger charge is 2.51. The molecule has 0 amide bonds. The number of hydrogen-bond donors (Lipinski definition) is 1. The molecule has 1 N–H and O–H groups in total. The Morgan fingerprint density at radius 2 is 2.11 bits per heavy atom. The number of rotatable bonds is 9. The Hall–Kier alpha value is -3.51. The number of nitrogens with zero attached hydrogens (tertiary/aromatic N) is 4. The van der Waals surface area contributed by atoms with Gasteiger partial charge in [-0.15, -0.1) is 11.3 Å². The van der Waals surface area contributed by atoms with Gasteiger partial charge >= 0.3 is 5.97 Å². The van der Waals surface area contributed by atoms with Gasteiger partial charge < -0.3 is 14.2 Å². The van der Waals surface area contributed by atoms with E-state index in [2.05, 4.69) is 15.3 Å². The summed E-state index contributed by atoms with van der Waals surface area (Å²) in [5.41, 5.74) is -0.414. The molecule has 186 valence electrons. The van der Waals surface area contributed by atoms with Crippen LogP contribution in [-0.4, -0.2) is 59.9 Å². The van der Waals surface area contributed by atoms with Crippen LogP contribution in [0.3, 0.4) is 0 Å². The van der Waals surface area contributed by atoms with E-state index in [0.29, 0.717) is 11.5 Å². The molecule has 1 aliphatic rings. The molecule has 1 saturated heterocycles. The van der Waals surface area contributed by atoms with Crippen molar-refractivity contribution in [3.63, 3.8) is 0 Å². The van der Waals surface area contributed by atoms with Crippen molar-refractivity contribution in [2.75, 3.05) is 32.3 Å². The maximum Gasteiger partial charge on any atom is 0.326 e. The highest BCUT2D eigenvalue weighted by Crippen LogP contribution is 2.33. The number of ether oxygens (including phenoxy) is 3. The van der Waals surface area contributed by atoms with E-state index >= 15 is 0 Å². The summed E-state index contributed by atoms with van der Waals surface area (Å²) in [6, 6.07) is 7.31. The van der Waals surface area contributed by atoms with Crippen molar-refractivity contribution in [3.8, 4) is 11.5 Å². The lowest BCUT2D eigenvalue weighted by Crippen LogP contribution is -2.63. The Labute approximate surface area is 206 Å². The average molecular weight is 502 g/mol. The molecule has 12 heteroatoms. The van der Waals surface area contributed by atoms with Gasteiger partial charge in [-0.2, -0.15) is 0 Å². The summed E-state index contributed by atoms with van der Waals surface area (Å²) in [7, 11) is 3.10. The summed E-state index contributed by atoms with van der Waals surface area (Å²) in [6.07, 6.45) is 0.643. The Bertz CT molecular complexity index is 1220. The van der Waals surface area contributed by atoms with Gasteiger partial charge in [0.15, 0.2) is 11.5 Å². The number of esters is 1. The molecular weight excluding hydrogens is 474 g/mol. The minimum absolute atomic E-state index is 0.0992. The summed E-state index contributed by atoms with van der Waals surface area (Å²) < 4.78 is 16.0. The van der Waals surface area contributed by atoms with Crippen molar-refractivity contribution >= 4 is 33.5 Å². The highest BCUT2D eigenvalue weighted by molar-refractivity contribution is 7.16. The van der Waals surface area contributed by atoms with Gasteiger partial charge in [-0.3, -0.25) is 25.1 Å². The number of benzene rings is 1. The molecule has 35 heavy (non-hydrogen) atoms.